The number of sulfone groups is 1. The van der Waals surface area contributed by atoms with E-state index in [1.165, 1.54) is 18.6 Å². The Hall–Kier alpha value is -2.26. The molecule has 0 spiro atoms. The molecule has 174 valence electrons. The number of anilines is 1. The zero-order chi connectivity index (χ0) is 22.7. The van der Waals surface area contributed by atoms with Gasteiger partial charge >= 0.3 is 0 Å². The minimum Gasteiger partial charge on any atom is -0.493 e. The predicted molar refractivity (Wildman–Crippen MR) is 119 cm³/mol. The van der Waals surface area contributed by atoms with Crippen molar-refractivity contribution in [1.82, 2.24) is 9.97 Å². The fraction of sp³-hybridized carbons (Fsp3) is 0.565. The summed E-state index contributed by atoms with van der Waals surface area (Å²) in [7, 11) is -1.91. The van der Waals surface area contributed by atoms with Crippen LogP contribution in [0.2, 0.25) is 0 Å². The fourth-order valence-corrected chi connectivity index (χ4v) is 5.39. The lowest BCUT2D eigenvalue weighted by Gasteiger charge is -2.32. The van der Waals surface area contributed by atoms with Gasteiger partial charge in [0.15, 0.2) is 9.84 Å². The van der Waals surface area contributed by atoms with Gasteiger partial charge in [-0.25, -0.2) is 22.8 Å². The van der Waals surface area contributed by atoms with E-state index in [2.05, 4.69) is 14.9 Å². The lowest BCUT2D eigenvalue weighted by Crippen LogP contribution is -2.35. The highest BCUT2D eigenvalue weighted by Crippen LogP contribution is 2.49. The number of hydrogen-bond donors (Lipinski definition) is 0. The number of halogens is 1. The van der Waals surface area contributed by atoms with Crippen molar-refractivity contribution in [2.24, 2.45) is 17.8 Å². The lowest BCUT2D eigenvalue weighted by atomic mass is 9.90. The Bertz CT molecular complexity index is 1020. The molecular formula is C23H30FN3O4S. The number of rotatable bonds is 9. The van der Waals surface area contributed by atoms with Crippen molar-refractivity contribution in [1.29, 1.82) is 0 Å². The topological polar surface area (TPSA) is 81.6 Å². The van der Waals surface area contributed by atoms with E-state index < -0.39 is 15.7 Å². The summed E-state index contributed by atoms with van der Waals surface area (Å²) in [4.78, 5) is 10.9. The molecule has 2 aromatic rings. The molecule has 2 heterocycles. The predicted octanol–water partition coefficient (Wildman–Crippen LogP) is 3.49. The van der Waals surface area contributed by atoms with Gasteiger partial charge in [-0.2, -0.15) is 0 Å². The average molecular weight is 464 g/mol. The van der Waals surface area contributed by atoms with Gasteiger partial charge in [-0.1, -0.05) is 0 Å². The summed E-state index contributed by atoms with van der Waals surface area (Å²) >= 11 is 0. The number of hydrogen-bond acceptors (Lipinski definition) is 7. The van der Waals surface area contributed by atoms with E-state index in [-0.39, 0.29) is 4.90 Å². The summed E-state index contributed by atoms with van der Waals surface area (Å²) in [6.07, 6.45) is 9.09. The minimum atomic E-state index is -3.57. The Morgan fingerprint density at radius 3 is 2.53 bits per heavy atom. The number of piperidine rings is 1. The third kappa shape index (κ3) is 5.56. The van der Waals surface area contributed by atoms with Crippen LogP contribution in [0.4, 0.5) is 10.3 Å². The summed E-state index contributed by atoms with van der Waals surface area (Å²) in [5.41, 5.74) is 0.975. The molecule has 2 fully saturated rings. The molecule has 9 heteroatoms. The van der Waals surface area contributed by atoms with Crippen molar-refractivity contribution >= 4 is 15.8 Å². The second-order valence-corrected chi connectivity index (χ2v) is 10.8. The Morgan fingerprint density at radius 1 is 1.19 bits per heavy atom. The van der Waals surface area contributed by atoms with Gasteiger partial charge in [0.25, 0.3) is 0 Å². The van der Waals surface area contributed by atoms with E-state index in [1.807, 2.05) is 12.4 Å². The Kier molecular flexibility index (Phi) is 6.95. The molecule has 0 bridgehead atoms. The molecule has 0 unspecified atom stereocenters. The van der Waals surface area contributed by atoms with Crippen LogP contribution in [-0.2, 0) is 21.2 Å². The monoisotopic (exact) mass is 463 g/mol. The molecule has 7 nitrogen and oxygen atoms in total. The lowest BCUT2D eigenvalue weighted by molar-refractivity contribution is 0.184. The molecule has 1 aromatic heterocycles. The highest BCUT2D eigenvalue weighted by atomic mass is 32.2. The molecule has 1 saturated carbocycles. The fourth-order valence-electron chi connectivity index (χ4n) is 4.66. The number of aromatic nitrogens is 2. The first-order valence-electron chi connectivity index (χ1n) is 11.0. The van der Waals surface area contributed by atoms with Gasteiger partial charge in [-0.05, 0) is 55.6 Å². The minimum absolute atomic E-state index is 0.297. The zero-order valence-electron chi connectivity index (χ0n) is 18.5. The number of methoxy groups -OCH3 is 1. The van der Waals surface area contributed by atoms with Gasteiger partial charge < -0.3 is 14.4 Å². The Balaban J connectivity index is 1.19. The molecule has 0 radical (unpaired) electrons. The van der Waals surface area contributed by atoms with Gasteiger partial charge in [-0.15, -0.1) is 0 Å². The zero-order valence-corrected chi connectivity index (χ0v) is 19.4. The summed E-state index contributed by atoms with van der Waals surface area (Å²) < 4.78 is 47.8. The number of benzene rings is 1. The third-order valence-electron chi connectivity index (χ3n) is 6.47. The standard InChI is InChI=1S/C23H30FN3O4S/c1-30-15-16-13-25-23(26-14-16)27-8-5-17(6-9-27)20-11-18(20)7-10-31-19-3-4-22(21(24)12-19)32(2,28)29/h3-4,12-14,17-18,20H,5-11,15H2,1-2H3/t18-,20-/m1/s1. The van der Waals surface area contributed by atoms with E-state index in [0.29, 0.717) is 24.9 Å². The smallest absolute Gasteiger partial charge is 0.225 e. The van der Waals surface area contributed by atoms with Gasteiger partial charge in [-0.3, -0.25) is 0 Å². The van der Waals surface area contributed by atoms with Crippen molar-refractivity contribution < 1.29 is 22.3 Å². The molecule has 1 aliphatic carbocycles. The van der Waals surface area contributed by atoms with Crippen LogP contribution in [0.1, 0.15) is 31.2 Å². The second kappa shape index (κ2) is 9.70. The van der Waals surface area contributed by atoms with Crippen LogP contribution in [0.3, 0.4) is 0 Å². The van der Waals surface area contributed by atoms with E-state index in [1.54, 1.807) is 7.11 Å². The average Bonchev–Trinajstić information content (AvgIpc) is 3.53. The quantitative estimate of drug-likeness (QED) is 0.563. The number of nitrogens with zero attached hydrogens (tertiary/aromatic N) is 3. The van der Waals surface area contributed by atoms with Crippen LogP contribution in [0.25, 0.3) is 0 Å². The third-order valence-corrected chi connectivity index (χ3v) is 7.60. The van der Waals surface area contributed by atoms with E-state index >= 15 is 0 Å². The second-order valence-electron chi connectivity index (χ2n) is 8.81. The van der Waals surface area contributed by atoms with Crippen LogP contribution in [0.5, 0.6) is 5.75 Å². The van der Waals surface area contributed by atoms with Crippen molar-refractivity contribution in [3.63, 3.8) is 0 Å². The maximum atomic E-state index is 14.0. The Labute approximate surface area is 188 Å². The van der Waals surface area contributed by atoms with Gasteiger partial charge in [0.05, 0.1) is 13.2 Å². The largest absolute Gasteiger partial charge is 0.493 e. The summed E-state index contributed by atoms with van der Waals surface area (Å²) in [6, 6.07) is 3.94. The van der Waals surface area contributed by atoms with Gasteiger partial charge in [0, 0.05) is 50.5 Å². The molecule has 1 saturated heterocycles. The van der Waals surface area contributed by atoms with Gasteiger partial charge in [0.2, 0.25) is 5.95 Å². The Morgan fingerprint density at radius 2 is 1.91 bits per heavy atom. The van der Waals surface area contributed by atoms with Crippen LogP contribution in [0.15, 0.2) is 35.5 Å². The van der Waals surface area contributed by atoms with Crippen molar-refractivity contribution in [3.05, 3.63) is 42.0 Å². The molecule has 32 heavy (non-hydrogen) atoms. The molecular weight excluding hydrogens is 433 g/mol. The van der Waals surface area contributed by atoms with Crippen molar-refractivity contribution in [2.75, 3.05) is 38.0 Å². The van der Waals surface area contributed by atoms with Crippen LogP contribution >= 0.6 is 0 Å². The molecule has 0 N–H and O–H groups in total. The van der Waals surface area contributed by atoms with Crippen LogP contribution < -0.4 is 9.64 Å². The van der Waals surface area contributed by atoms with E-state index in [4.69, 9.17) is 9.47 Å². The van der Waals surface area contributed by atoms with Crippen LogP contribution in [-0.4, -0.2) is 51.4 Å². The van der Waals surface area contributed by atoms with Crippen LogP contribution in [0, 0.1) is 23.6 Å². The summed E-state index contributed by atoms with van der Waals surface area (Å²) in [5.74, 6) is 2.50. The molecule has 2 aliphatic rings. The first-order valence-corrected chi connectivity index (χ1v) is 12.9. The first-order chi connectivity index (χ1) is 15.3. The first kappa shape index (κ1) is 22.9. The van der Waals surface area contributed by atoms with Gasteiger partial charge in [0.1, 0.15) is 16.5 Å². The number of ether oxygens (including phenoxy) is 2. The summed E-state index contributed by atoms with van der Waals surface area (Å²) in [6.45, 7) is 2.98. The molecule has 0 amide bonds. The molecule has 1 aliphatic heterocycles. The summed E-state index contributed by atoms with van der Waals surface area (Å²) in [5, 5.41) is 0. The molecule has 1 aromatic carbocycles. The van der Waals surface area contributed by atoms with E-state index in [0.717, 1.165) is 68.0 Å². The normalized spacial score (nSPS) is 21.5. The maximum Gasteiger partial charge on any atom is 0.225 e. The molecule has 2 atom stereocenters. The van der Waals surface area contributed by atoms with Crippen molar-refractivity contribution in [2.45, 2.75) is 37.2 Å². The SMILES string of the molecule is COCc1cnc(N2CCC([C@H]3C[C@H]3CCOc3ccc(S(C)(=O)=O)c(F)c3)CC2)nc1. The highest BCUT2D eigenvalue weighted by Gasteiger charge is 2.43. The highest BCUT2D eigenvalue weighted by molar-refractivity contribution is 7.90. The molecule has 4 rings (SSSR count). The van der Waals surface area contributed by atoms with Crippen molar-refractivity contribution in [3.8, 4) is 5.75 Å². The maximum absolute atomic E-state index is 14.0. The van der Waals surface area contributed by atoms with E-state index in [9.17, 15) is 12.8 Å².